The SMILES string of the molecule is CN(C)CCCOC(=O)c1cc(-c2ccc3c(c2)OCCO3)n[nH]1. The number of nitrogens with one attached hydrogen (secondary N) is 1. The number of esters is 1. The van der Waals surface area contributed by atoms with Gasteiger partial charge in [-0.3, -0.25) is 5.10 Å². The lowest BCUT2D eigenvalue weighted by Gasteiger charge is -2.18. The third kappa shape index (κ3) is 3.86. The summed E-state index contributed by atoms with van der Waals surface area (Å²) in [4.78, 5) is 14.1. The van der Waals surface area contributed by atoms with E-state index >= 15 is 0 Å². The highest BCUT2D eigenvalue weighted by atomic mass is 16.6. The average molecular weight is 331 g/mol. The van der Waals surface area contributed by atoms with Gasteiger partial charge in [-0.1, -0.05) is 0 Å². The Bertz CT molecular complexity index is 712. The normalized spacial score (nSPS) is 13.1. The van der Waals surface area contributed by atoms with Crippen LogP contribution < -0.4 is 9.47 Å². The Kier molecular flexibility index (Phi) is 5.00. The van der Waals surface area contributed by atoms with Gasteiger partial charge in [-0.2, -0.15) is 5.10 Å². The Hall–Kier alpha value is -2.54. The molecule has 2 heterocycles. The van der Waals surface area contributed by atoms with Crippen LogP contribution in [0.2, 0.25) is 0 Å². The summed E-state index contributed by atoms with van der Waals surface area (Å²) in [6.07, 6.45) is 0.794. The monoisotopic (exact) mass is 331 g/mol. The lowest BCUT2D eigenvalue weighted by molar-refractivity contribution is 0.0486. The predicted octanol–water partition coefficient (Wildman–Crippen LogP) is 1.96. The average Bonchev–Trinajstić information content (AvgIpc) is 3.08. The number of carbonyl (C=O) groups is 1. The van der Waals surface area contributed by atoms with Gasteiger partial charge in [-0.15, -0.1) is 0 Å². The van der Waals surface area contributed by atoms with E-state index in [0.717, 1.165) is 24.3 Å². The van der Waals surface area contributed by atoms with Crippen LogP contribution >= 0.6 is 0 Å². The quantitative estimate of drug-likeness (QED) is 0.644. The van der Waals surface area contributed by atoms with E-state index in [1.807, 2.05) is 37.2 Å². The third-order valence-corrected chi connectivity index (χ3v) is 3.62. The Morgan fingerprint density at radius 3 is 2.83 bits per heavy atom. The molecule has 0 saturated carbocycles. The van der Waals surface area contributed by atoms with Gasteiger partial charge >= 0.3 is 5.97 Å². The zero-order valence-corrected chi connectivity index (χ0v) is 13.9. The topological polar surface area (TPSA) is 76.7 Å². The second kappa shape index (κ2) is 7.35. The first-order valence-corrected chi connectivity index (χ1v) is 7.91. The van der Waals surface area contributed by atoms with E-state index in [4.69, 9.17) is 14.2 Å². The van der Waals surface area contributed by atoms with E-state index in [1.54, 1.807) is 6.07 Å². The van der Waals surface area contributed by atoms with Gasteiger partial charge in [0.25, 0.3) is 0 Å². The number of H-pyrrole nitrogens is 1. The lowest BCUT2D eigenvalue weighted by Crippen LogP contribution is -2.16. The molecule has 0 saturated heterocycles. The standard InChI is InChI=1S/C17H21N3O4/c1-20(2)6-3-7-24-17(21)14-11-13(18-19-14)12-4-5-15-16(10-12)23-9-8-22-15/h4-5,10-11H,3,6-9H2,1-2H3,(H,18,19). The molecule has 0 fully saturated rings. The predicted molar refractivity (Wildman–Crippen MR) is 88.5 cm³/mol. The molecule has 1 N–H and O–H groups in total. The summed E-state index contributed by atoms with van der Waals surface area (Å²) in [5, 5.41) is 6.91. The molecule has 3 rings (SSSR count). The van der Waals surface area contributed by atoms with Crippen LogP contribution in [-0.4, -0.2) is 61.5 Å². The van der Waals surface area contributed by atoms with Crippen molar-refractivity contribution in [3.05, 3.63) is 30.0 Å². The van der Waals surface area contributed by atoms with Gasteiger partial charge in [0.1, 0.15) is 18.9 Å². The first kappa shape index (κ1) is 16.3. The van der Waals surface area contributed by atoms with Crippen molar-refractivity contribution >= 4 is 5.97 Å². The molecule has 2 aromatic rings. The molecule has 0 atom stereocenters. The van der Waals surface area contributed by atoms with E-state index in [-0.39, 0.29) is 0 Å². The summed E-state index contributed by atoms with van der Waals surface area (Å²) in [5.74, 6) is 1.01. The van der Waals surface area contributed by atoms with Crippen LogP contribution in [0.3, 0.4) is 0 Å². The highest BCUT2D eigenvalue weighted by Crippen LogP contribution is 2.34. The molecule has 7 heteroatoms. The number of ether oxygens (including phenoxy) is 3. The van der Waals surface area contributed by atoms with Crippen molar-refractivity contribution in [3.63, 3.8) is 0 Å². The maximum absolute atomic E-state index is 12.0. The Morgan fingerprint density at radius 1 is 1.25 bits per heavy atom. The van der Waals surface area contributed by atoms with Crippen molar-refractivity contribution in [3.8, 4) is 22.8 Å². The third-order valence-electron chi connectivity index (χ3n) is 3.62. The summed E-state index contributed by atoms with van der Waals surface area (Å²) >= 11 is 0. The molecule has 0 radical (unpaired) electrons. The zero-order chi connectivity index (χ0) is 16.9. The molecule has 128 valence electrons. The van der Waals surface area contributed by atoms with Crippen molar-refractivity contribution < 1.29 is 19.0 Å². The number of hydrogen-bond acceptors (Lipinski definition) is 6. The minimum Gasteiger partial charge on any atom is -0.486 e. The van der Waals surface area contributed by atoms with Crippen LogP contribution in [-0.2, 0) is 4.74 Å². The van der Waals surface area contributed by atoms with Gasteiger partial charge in [0.2, 0.25) is 0 Å². The summed E-state index contributed by atoms with van der Waals surface area (Å²) in [7, 11) is 3.96. The molecule has 1 aromatic carbocycles. The number of aromatic amines is 1. The number of fused-ring (bicyclic) bond motifs is 1. The van der Waals surface area contributed by atoms with E-state index in [0.29, 0.717) is 37.0 Å². The largest absolute Gasteiger partial charge is 0.486 e. The van der Waals surface area contributed by atoms with Crippen molar-refractivity contribution in [2.75, 3.05) is 40.5 Å². The van der Waals surface area contributed by atoms with E-state index < -0.39 is 5.97 Å². The van der Waals surface area contributed by atoms with E-state index in [9.17, 15) is 4.79 Å². The minimum atomic E-state index is -0.398. The molecular formula is C17H21N3O4. The molecule has 1 aromatic heterocycles. The van der Waals surface area contributed by atoms with E-state index in [2.05, 4.69) is 10.2 Å². The maximum Gasteiger partial charge on any atom is 0.356 e. The number of aromatic nitrogens is 2. The Morgan fingerprint density at radius 2 is 2.04 bits per heavy atom. The van der Waals surface area contributed by atoms with Gasteiger partial charge < -0.3 is 19.1 Å². The second-order valence-corrected chi connectivity index (χ2v) is 5.82. The number of carbonyl (C=O) groups excluding carboxylic acids is 1. The first-order valence-electron chi connectivity index (χ1n) is 7.91. The maximum atomic E-state index is 12.0. The summed E-state index contributed by atoms with van der Waals surface area (Å²) in [5.41, 5.74) is 1.85. The fourth-order valence-electron chi connectivity index (χ4n) is 2.40. The van der Waals surface area contributed by atoms with Gasteiger partial charge in [0.15, 0.2) is 11.5 Å². The molecule has 0 spiro atoms. The first-order chi connectivity index (χ1) is 11.6. The summed E-state index contributed by atoms with van der Waals surface area (Å²) < 4.78 is 16.3. The van der Waals surface area contributed by atoms with Crippen LogP contribution in [0.15, 0.2) is 24.3 Å². The zero-order valence-electron chi connectivity index (χ0n) is 13.9. The molecule has 0 amide bonds. The summed E-state index contributed by atoms with van der Waals surface area (Å²) in [6, 6.07) is 7.27. The van der Waals surface area contributed by atoms with Crippen LogP contribution in [0.1, 0.15) is 16.9 Å². The van der Waals surface area contributed by atoms with Crippen LogP contribution in [0, 0.1) is 0 Å². The van der Waals surface area contributed by atoms with Crippen LogP contribution in [0.5, 0.6) is 11.5 Å². The lowest BCUT2D eigenvalue weighted by atomic mass is 10.1. The number of hydrogen-bond donors (Lipinski definition) is 1. The van der Waals surface area contributed by atoms with Gasteiger partial charge in [-0.25, -0.2) is 4.79 Å². The molecule has 0 bridgehead atoms. The highest BCUT2D eigenvalue weighted by molar-refractivity contribution is 5.88. The molecule has 0 unspecified atom stereocenters. The fourth-order valence-corrected chi connectivity index (χ4v) is 2.40. The molecule has 1 aliphatic heterocycles. The van der Waals surface area contributed by atoms with Crippen molar-refractivity contribution in [1.82, 2.24) is 15.1 Å². The number of benzene rings is 1. The van der Waals surface area contributed by atoms with Gasteiger partial charge in [-0.05, 0) is 44.8 Å². The van der Waals surface area contributed by atoms with Gasteiger partial charge in [0.05, 0.1) is 12.3 Å². The highest BCUT2D eigenvalue weighted by Gasteiger charge is 2.16. The number of rotatable bonds is 6. The molecular weight excluding hydrogens is 310 g/mol. The molecule has 7 nitrogen and oxygen atoms in total. The smallest absolute Gasteiger partial charge is 0.356 e. The van der Waals surface area contributed by atoms with Gasteiger partial charge in [0, 0.05) is 12.1 Å². The second-order valence-electron chi connectivity index (χ2n) is 5.82. The van der Waals surface area contributed by atoms with Crippen LogP contribution in [0.25, 0.3) is 11.3 Å². The fraction of sp³-hybridized carbons (Fsp3) is 0.412. The Labute approximate surface area is 140 Å². The van der Waals surface area contributed by atoms with Crippen LogP contribution in [0.4, 0.5) is 0 Å². The van der Waals surface area contributed by atoms with Crippen molar-refractivity contribution in [2.45, 2.75) is 6.42 Å². The van der Waals surface area contributed by atoms with E-state index in [1.165, 1.54) is 0 Å². The minimum absolute atomic E-state index is 0.338. The van der Waals surface area contributed by atoms with Crippen molar-refractivity contribution in [2.24, 2.45) is 0 Å². The molecule has 0 aliphatic carbocycles. The number of nitrogens with zero attached hydrogens (tertiary/aromatic N) is 2. The molecule has 1 aliphatic rings. The van der Waals surface area contributed by atoms with Crippen molar-refractivity contribution in [1.29, 1.82) is 0 Å². The molecule has 24 heavy (non-hydrogen) atoms. The summed E-state index contributed by atoms with van der Waals surface area (Å²) in [6.45, 7) is 2.34. The Balaban J connectivity index is 1.63.